The van der Waals surface area contributed by atoms with Gasteiger partial charge in [-0.05, 0) is 81.2 Å². The standard InChI is InChI=1S/C28H38F5N5O2/c1-19-8-11-24-22(7-5-14-34-24)10-9-21(19)6-3-4-16-37(18-25(29)30)17-13-23(20(2)39)36-26-12-15-35-27(38(26)40)28(31,32)33/h9-10,12,15,23,25,34,40H,3-8,11,13-14,16-18H2,1-2H3/p+1/b10-9-,21-19-. The van der Waals surface area contributed by atoms with Gasteiger partial charge in [0.1, 0.15) is 12.2 Å². The molecule has 12 heteroatoms. The third-order valence-electron chi connectivity index (χ3n) is 7.36. The number of alkyl halides is 5. The van der Waals surface area contributed by atoms with Crippen LogP contribution in [0.1, 0.15) is 71.0 Å². The molecule has 2 aliphatic rings. The third kappa shape index (κ3) is 9.28. The van der Waals surface area contributed by atoms with Crippen molar-refractivity contribution in [1.82, 2.24) is 15.2 Å². The van der Waals surface area contributed by atoms with E-state index in [0.717, 1.165) is 57.3 Å². The molecular formula is C28H39F5N5O2+. The predicted octanol–water partition coefficient (Wildman–Crippen LogP) is 5.43. The first-order valence-corrected chi connectivity index (χ1v) is 13.7. The Hall–Kier alpha value is -3.02. The molecule has 1 aromatic rings. The zero-order valence-corrected chi connectivity index (χ0v) is 23.0. The second-order valence-electron chi connectivity index (χ2n) is 10.4. The number of hydrogen-bond donors (Lipinski definition) is 3. The highest BCUT2D eigenvalue weighted by Gasteiger charge is 2.43. The third-order valence-corrected chi connectivity index (χ3v) is 7.36. The Balaban J connectivity index is 1.56. The van der Waals surface area contributed by atoms with E-state index in [2.05, 4.69) is 34.7 Å². The minimum atomic E-state index is -4.90. The van der Waals surface area contributed by atoms with Gasteiger partial charge in [0.25, 0.3) is 12.2 Å². The highest BCUT2D eigenvalue weighted by Crippen LogP contribution is 2.28. The van der Waals surface area contributed by atoms with E-state index in [0.29, 0.717) is 13.0 Å². The van der Waals surface area contributed by atoms with Gasteiger partial charge in [-0.25, -0.2) is 8.78 Å². The minimum absolute atomic E-state index is 0.0736. The van der Waals surface area contributed by atoms with Crippen LogP contribution in [0.15, 0.2) is 46.8 Å². The highest BCUT2D eigenvalue weighted by atomic mass is 19.4. The summed E-state index contributed by atoms with van der Waals surface area (Å²) in [6.45, 7) is 4.48. The van der Waals surface area contributed by atoms with E-state index in [1.165, 1.54) is 29.3 Å². The topological polar surface area (TPSA) is 81.4 Å². The van der Waals surface area contributed by atoms with Crippen molar-refractivity contribution in [3.8, 4) is 0 Å². The summed E-state index contributed by atoms with van der Waals surface area (Å²) in [6.07, 6.45) is 4.38. The number of nitrogens with zero attached hydrogens (tertiary/aromatic N) is 3. The first-order chi connectivity index (χ1) is 19.0. The van der Waals surface area contributed by atoms with Gasteiger partial charge >= 0.3 is 12.0 Å². The summed E-state index contributed by atoms with van der Waals surface area (Å²) >= 11 is 0. The number of carbonyl (C=O) groups excluding carboxylic acids is 1. The maximum Gasteiger partial charge on any atom is 0.485 e. The number of unbranched alkanes of at least 4 members (excludes halogenated alkanes) is 1. The molecule has 0 bridgehead atoms. The van der Waals surface area contributed by atoms with Gasteiger partial charge in [0.2, 0.25) is 0 Å². The molecule has 1 aromatic heterocycles. The number of carbonyl (C=O) groups is 1. The monoisotopic (exact) mass is 572 g/mol. The molecule has 1 aliphatic carbocycles. The van der Waals surface area contributed by atoms with Crippen LogP contribution in [0.25, 0.3) is 0 Å². The lowest BCUT2D eigenvalue weighted by atomic mass is 9.91. The quantitative estimate of drug-likeness (QED) is 0.127. The lowest BCUT2D eigenvalue weighted by Crippen LogP contribution is -2.46. The van der Waals surface area contributed by atoms with Crippen LogP contribution in [0, 0.1) is 0 Å². The average molecular weight is 573 g/mol. The predicted molar refractivity (Wildman–Crippen MR) is 141 cm³/mol. The van der Waals surface area contributed by atoms with Crippen LogP contribution in [-0.4, -0.2) is 59.5 Å². The van der Waals surface area contributed by atoms with Crippen LogP contribution in [0.5, 0.6) is 0 Å². The van der Waals surface area contributed by atoms with Gasteiger partial charge in [-0.15, -0.1) is 4.98 Å². The van der Waals surface area contributed by atoms with Crippen LogP contribution in [0.2, 0.25) is 0 Å². The average Bonchev–Trinajstić information content (AvgIpc) is 2.88. The number of anilines is 1. The van der Waals surface area contributed by atoms with Gasteiger partial charge < -0.3 is 10.5 Å². The van der Waals surface area contributed by atoms with Crippen molar-refractivity contribution in [2.24, 2.45) is 0 Å². The van der Waals surface area contributed by atoms with E-state index in [-0.39, 0.29) is 23.5 Å². The molecule has 0 radical (unpaired) electrons. The van der Waals surface area contributed by atoms with Crippen LogP contribution in [0.4, 0.5) is 27.8 Å². The maximum absolute atomic E-state index is 13.3. The molecule has 0 fully saturated rings. The van der Waals surface area contributed by atoms with Crippen molar-refractivity contribution in [3.63, 3.8) is 0 Å². The lowest BCUT2D eigenvalue weighted by Gasteiger charge is -2.24. The van der Waals surface area contributed by atoms with Crippen molar-refractivity contribution in [1.29, 1.82) is 0 Å². The molecule has 2 heterocycles. The first-order valence-electron chi connectivity index (χ1n) is 13.7. The Labute approximate surface area is 231 Å². The molecule has 0 amide bonds. The smallest absolute Gasteiger partial charge is 0.388 e. The van der Waals surface area contributed by atoms with Gasteiger partial charge in [0, 0.05) is 31.3 Å². The summed E-state index contributed by atoms with van der Waals surface area (Å²) in [5.41, 5.74) is 5.31. The van der Waals surface area contributed by atoms with Gasteiger partial charge in [-0.2, -0.15) is 13.2 Å². The molecule has 1 atom stereocenters. The second kappa shape index (κ2) is 14.6. The number of nitrogens with one attached hydrogen (secondary N) is 2. The van der Waals surface area contributed by atoms with Crippen molar-refractivity contribution in [3.05, 3.63) is 52.7 Å². The van der Waals surface area contributed by atoms with Crippen LogP contribution >= 0.6 is 0 Å². The van der Waals surface area contributed by atoms with Gasteiger partial charge in [-0.1, -0.05) is 17.7 Å². The summed E-state index contributed by atoms with van der Waals surface area (Å²) in [4.78, 5) is 16.9. The summed E-state index contributed by atoms with van der Waals surface area (Å²) in [5, 5.41) is 16.1. The number of ketones is 1. The zero-order chi connectivity index (χ0) is 29.3. The lowest BCUT2D eigenvalue weighted by molar-refractivity contribution is -0.906. The van der Waals surface area contributed by atoms with Gasteiger partial charge in [0.05, 0.1) is 6.54 Å². The molecule has 1 unspecified atom stereocenters. The van der Waals surface area contributed by atoms with Crippen molar-refractivity contribution >= 4 is 11.6 Å². The summed E-state index contributed by atoms with van der Waals surface area (Å²) in [5.74, 6) is -2.31. The van der Waals surface area contributed by atoms with Crippen LogP contribution < -0.4 is 15.4 Å². The minimum Gasteiger partial charge on any atom is -0.388 e. The number of allylic oxidation sites excluding steroid dienone is 6. The van der Waals surface area contributed by atoms with Crippen LogP contribution in [-0.2, 0) is 11.0 Å². The van der Waals surface area contributed by atoms with Crippen molar-refractivity contribution in [2.75, 3.05) is 31.5 Å². The van der Waals surface area contributed by atoms with E-state index in [1.54, 1.807) is 4.90 Å². The Morgan fingerprint density at radius 3 is 2.67 bits per heavy atom. The molecule has 40 heavy (non-hydrogen) atoms. The molecule has 1 aliphatic heterocycles. The van der Waals surface area contributed by atoms with E-state index in [1.807, 2.05) is 0 Å². The van der Waals surface area contributed by atoms with E-state index in [4.69, 9.17) is 0 Å². The molecule has 0 spiro atoms. The van der Waals surface area contributed by atoms with Gasteiger partial charge in [-0.3, -0.25) is 15.0 Å². The van der Waals surface area contributed by atoms with E-state index >= 15 is 0 Å². The van der Waals surface area contributed by atoms with Crippen molar-refractivity contribution < 1.29 is 36.7 Å². The summed E-state index contributed by atoms with van der Waals surface area (Å²) in [7, 11) is 0. The molecule has 0 aromatic carbocycles. The molecular weight excluding hydrogens is 533 g/mol. The fraction of sp³-hybridized carbons (Fsp3) is 0.607. The highest BCUT2D eigenvalue weighted by molar-refractivity contribution is 5.83. The molecule has 7 nitrogen and oxygen atoms in total. The normalized spacial score (nSPS) is 19.6. The molecule has 0 saturated heterocycles. The van der Waals surface area contributed by atoms with E-state index in [9.17, 15) is 32.0 Å². The summed E-state index contributed by atoms with van der Waals surface area (Å²) < 4.78 is 65.6. The Kier molecular flexibility index (Phi) is 11.5. The molecule has 3 rings (SSSR count). The van der Waals surface area contributed by atoms with Crippen molar-refractivity contribution in [2.45, 2.75) is 83.9 Å². The Bertz CT molecular complexity index is 1120. The summed E-state index contributed by atoms with van der Waals surface area (Å²) in [6, 6.07) is 0.119. The largest absolute Gasteiger partial charge is 0.485 e. The van der Waals surface area contributed by atoms with Gasteiger partial charge in [0.15, 0.2) is 5.78 Å². The number of rotatable bonds is 13. The number of aromatic nitrogens is 2. The SMILES string of the molecule is CC(=O)C(CCN(CCCCC1=C(\C)CCC2=C(/C=C\1)CCCN2)CC(F)F)Nc1ccnc(C(F)(F)F)[n+]1O. The first kappa shape index (κ1) is 31.5. The second-order valence-corrected chi connectivity index (χ2v) is 10.4. The zero-order valence-electron chi connectivity index (χ0n) is 23.0. The number of hydrogen-bond acceptors (Lipinski definition) is 6. The van der Waals surface area contributed by atoms with Crippen LogP contribution in [0.3, 0.4) is 0 Å². The number of Topliss-reactive ketones (excluding diaryl/α,β-unsaturated/α-hetero) is 1. The molecule has 3 N–H and O–H groups in total. The van der Waals surface area contributed by atoms with E-state index < -0.39 is 36.8 Å². The Morgan fingerprint density at radius 1 is 1.20 bits per heavy atom. The number of halogens is 5. The fourth-order valence-electron chi connectivity index (χ4n) is 5.06. The fourth-order valence-corrected chi connectivity index (χ4v) is 5.06. The Morgan fingerprint density at radius 2 is 1.98 bits per heavy atom. The maximum atomic E-state index is 13.3. The molecule has 222 valence electrons. The molecule has 0 saturated carbocycles.